The van der Waals surface area contributed by atoms with E-state index >= 15 is 0 Å². The molecule has 1 aromatic heterocycles. The van der Waals surface area contributed by atoms with Gasteiger partial charge in [0.25, 0.3) is 0 Å². The summed E-state index contributed by atoms with van der Waals surface area (Å²) in [6, 6.07) is 0. The fourth-order valence-corrected chi connectivity index (χ4v) is 3.06. The lowest BCUT2D eigenvalue weighted by Gasteiger charge is -2.20. The second-order valence-corrected chi connectivity index (χ2v) is 6.48. The van der Waals surface area contributed by atoms with Crippen LogP contribution in [0.15, 0.2) is 11.3 Å². The number of hydrogen-bond donors (Lipinski definition) is 3. The van der Waals surface area contributed by atoms with Crippen molar-refractivity contribution in [2.24, 2.45) is 18.0 Å². The third-order valence-corrected chi connectivity index (χ3v) is 4.47. The Bertz CT molecular complexity index is 555. The largest absolute Gasteiger partial charge is 0.357 e. The molecule has 1 aliphatic carbocycles. The molecule has 0 aromatic carbocycles. The van der Waals surface area contributed by atoms with Crippen LogP contribution in [-0.2, 0) is 18.4 Å². The van der Waals surface area contributed by atoms with Gasteiger partial charge in [-0.15, -0.1) is 24.0 Å². The maximum atomic E-state index is 12.0. The molecule has 0 bridgehead atoms. The number of aliphatic imine (C=N–C) groups is 1. The Hall–Kier alpha value is -1.39. The molecule has 8 nitrogen and oxygen atoms in total. The van der Waals surface area contributed by atoms with Crippen LogP contribution < -0.4 is 16.0 Å². The van der Waals surface area contributed by atoms with E-state index in [1.807, 2.05) is 14.0 Å². The van der Waals surface area contributed by atoms with Crippen LogP contribution in [0, 0.1) is 5.92 Å². The molecule has 1 amide bonds. The van der Waals surface area contributed by atoms with E-state index in [0.29, 0.717) is 37.9 Å². The summed E-state index contributed by atoms with van der Waals surface area (Å²) >= 11 is 0. The third kappa shape index (κ3) is 8.33. The van der Waals surface area contributed by atoms with Crippen molar-refractivity contribution in [1.82, 2.24) is 30.7 Å². The van der Waals surface area contributed by atoms with Crippen molar-refractivity contribution in [3.8, 4) is 0 Å². The van der Waals surface area contributed by atoms with Gasteiger partial charge in [0, 0.05) is 33.1 Å². The smallest absolute Gasteiger partial charge is 0.220 e. The van der Waals surface area contributed by atoms with Crippen molar-refractivity contribution in [3.05, 3.63) is 12.2 Å². The molecule has 0 atom stereocenters. The highest BCUT2D eigenvalue weighted by atomic mass is 127. The minimum absolute atomic E-state index is 0. The molecule has 0 aliphatic heterocycles. The molecule has 0 spiro atoms. The van der Waals surface area contributed by atoms with Crippen molar-refractivity contribution in [1.29, 1.82) is 0 Å². The molecule has 1 saturated carbocycles. The van der Waals surface area contributed by atoms with E-state index < -0.39 is 0 Å². The molecule has 1 heterocycles. The first kappa shape index (κ1) is 22.7. The molecule has 2 rings (SSSR count). The quantitative estimate of drug-likeness (QED) is 0.229. The van der Waals surface area contributed by atoms with Gasteiger partial charge in [-0.25, -0.2) is 9.98 Å². The summed E-state index contributed by atoms with van der Waals surface area (Å²) in [6.07, 6.45) is 8.45. The van der Waals surface area contributed by atoms with Gasteiger partial charge in [0.1, 0.15) is 18.7 Å². The maximum absolute atomic E-state index is 12.0. The number of carbonyl (C=O) groups is 1. The number of hydrogen-bond acceptors (Lipinski definition) is 4. The van der Waals surface area contributed by atoms with E-state index in [1.165, 1.54) is 38.4 Å². The molecule has 1 fully saturated rings. The van der Waals surface area contributed by atoms with Crippen molar-refractivity contribution in [3.63, 3.8) is 0 Å². The number of nitrogens with zero attached hydrogens (tertiary/aromatic N) is 4. The molecule has 3 N–H and O–H groups in total. The lowest BCUT2D eigenvalue weighted by molar-refractivity contribution is -0.122. The zero-order chi connectivity index (χ0) is 17.9. The first-order valence-corrected chi connectivity index (χ1v) is 9.30. The van der Waals surface area contributed by atoms with Gasteiger partial charge in [0.15, 0.2) is 5.96 Å². The van der Waals surface area contributed by atoms with Crippen LogP contribution in [-0.4, -0.2) is 46.3 Å². The van der Waals surface area contributed by atoms with Gasteiger partial charge in [-0.05, 0) is 25.7 Å². The second-order valence-electron chi connectivity index (χ2n) is 6.48. The van der Waals surface area contributed by atoms with E-state index in [1.54, 1.807) is 4.68 Å². The van der Waals surface area contributed by atoms with E-state index in [9.17, 15) is 4.79 Å². The van der Waals surface area contributed by atoms with Gasteiger partial charge >= 0.3 is 0 Å². The molecular weight excluding hydrogens is 445 g/mol. The fraction of sp³-hybridized carbons (Fsp3) is 0.765. The highest BCUT2D eigenvalue weighted by Crippen LogP contribution is 2.25. The SMILES string of the molecule is CCNC(=NCc1ncnn1C)NCCNC(=O)CC1CCCCC1.I. The summed E-state index contributed by atoms with van der Waals surface area (Å²) in [6.45, 7) is 4.49. The van der Waals surface area contributed by atoms with Crippen LogP contribution >= 0.6 is 24.0 Å². The van der Waals surface area contributed by atoms with Crippen molar-refractivity contribution >= 4 is 35.8 Å². The standard InChI is InChI=1S/C17H31N7O.HI/c1-3-18-17(21-12-15-22-13-23-24(15)2)20-10-9-19-16(25)11-14-7-5-4-6-8-14;/h13-14H,3-12H2,1-2H3,(H,19,25)(H2,18,20,21);1H. The van der Waals surface area contributed by atoms with Crippen LogP contribution in [0.2, 0.25) is 0 Å². The van der Waals surface area contributed by atoms with Crippen LogP contribution in [0.3, 0.4) is 0 Å². The highest BCUT2D eigenvalue weighted by Gasteiger charge is 2.16. The van der Waals surface area contributed by atoms with Crippen molar-refractivity contribution in [2.45, 2.75) is 52.0 Å². The molecule has 1 aliphatic rings. The summed E-state index contributed by atoms with van der Waals surface area (Å²) in [5.41, 5.74) is 0. The van der Waals surface area contributed by atoms with Gasteiger partial charge in [0.05, 0.1) is 0 Å². The molecule has 26 heavy (non-hydrogen) atoms. The summed E-state index contributed by atoms with van der Waals surface area (Å²) in [4.78, 5) is 20.6. The number of aryl methyl sites for hydroxylation is 1. The minimum atomic E-state index is 0. The topological polar surface area (TPSA) is 96.2 Å². The Labute approximate surface area is 173 Å². The van der Waals surface area contributed by atoms with Gasteiger partial charge in [-0.1, -0.05) is 19.3 Å². The Morgan fingerprint density at radius 1 is 1.23 bits per heavy atom. The molecule has 0 saturated heterocycles. The molecule has 1 aromatic rings. The van der Waals surface area contributed by atoms with E-state index in [-0.39, 0.29) is 29.9 Å². The zero-order valence-corrected chi connectivity index (χ0v) is 18.2. The third-order valence-electron chi connectivity index (χ3n) is 4.47. The number of amides is 1. The zero-order valence-electron chi connectivity index (χ0n) is 15.8. The van der Waals surface area contributed by atoms with Crippen LogP contribution in [0.5, 0.6) is 0 Å². The molecule has 0 radical (unpaired) electrons. The summed E-state index contributed by atoms with van der Waals surface area (Å²) in [5.74, 6) is 2.26. The van der Waals surface area contributed by atoms with E-state index in [4.69, 9.17) is 0 Å². The minimum Gasteiger partial charge on any atom is -0.357 e. The molecule has 9 heteroatoms. The Morgan fingerprint density at radius 2 is 1.96 bits per heavy atom. The number of carbonyl (C=O) groups excluding carboxylic acids is 1. The summed E-state index contributed by atoms with van der Waals surface area (Å²) in [5, 5.41) is 13.4. The van der Waals surface area contributed by atoms with Gasteiger partial charge in [-0.3, -0.25) is 9.48 Å². The number of guanidine groups is 1. The highest BCUT2D eigenvalue weighted by molar-refractivity contribution is 14.0. The first-order chi connectivity index (χ1) is 12.2. The second kappa shape index (κ2) is 12.9. The van der Waals surface area contributed by atoms with Crippen LogP contribution in [0.1, 0.15) is 51.3 Å². The van der Waals surface area contributed by atoms with Crippen LogP contribution in [0.25, 0.3) is 0 Å². The molecular formula is C17H32IN7O. The average molecular weight is 477 g/mol. The molecule has 0 unspecified atom stereocenters. The lowest BCUT2D eigenvalue weighted by atomic mass is 9.87. The van der Waals surface area contributed by atoms with Crippen molar-refractivity contribution < 1.29 is 4.79 Å². The Balaban J connectivity index is 0.00000338. The predicted molar refractivity (Wildman–Crippen MR) is 113 cm³/mol. The Kier molecular flexibility index (Phi) is 11.2. The number of nitrogens with one attached hydrogen (secondary N) is 3. The predicted octanol–water partition coefficient (Wildman–Crippen LogP) is 1.57. The first-order valence-electron chi connectivity index (χ1n) is 9.30. The number of aromatic nitrogens is 3. The van der Waals surface area contributed by atoms with Gasteiger partial charge in [0.2, 0.25) is 5.91 Å². The van der Waals surface area contributed by atoms with Gasteiger partial charge in [-0.2, -0.15) is 5.10 Å². The maximum Gasteiger partial charge on any atom is 0.220 e. The van der Waals surface area contributed by atoms with E-state index in [0.717, 1.165) is 12.4 Å². The van der Waals surface area contributed by atoms with Crippen LogP contribution in [0.4, 0.5) is 0 Å². The summed E-state index contributed by atoms with van der Waals surface area (Å²) < 4.78 is 1.71. The fourth-order valence-electron chi connectivity index (χ4n) is 3.06. The summed E-state index contributed by atoms with van der Waals surface area (Å²) in [7, 11) is 1.85. The number of halogens is 1. The Morgan fingerprint density at radius 3 is 2.62 bits per heavy atom. The number of rotatable bonds is 8. The van der Waals surface area contributed by atoms with Crippen molar-refractivity contribution in [2.75, 3.05) is 19.6 Å². The van der Waals surface area contributed by atoms with Gasteiger partial charge < -0.3 is 16.0 Å². The average Bonchev–Trinajstić information content (AvgIpc) is 3.02. The molecule has 148 valence electrons. The lowest BCUT2D eigenvalue weighted by Crippen LogP contribution is -2.41. The van der Waals surface area contributed by atoms with E-state index in [2.05, 4.69) is 31.0 Å². The normalized spacial score (nSPS) is 15.2. The monoisotopic (exact) mass is 477 g/mol.